The number of H-pyrrole nitrogens is 1. The van der Waals surface area contributed by atoms with Crippen LogP contribution in [0.15, 0.2) is 103 Å². The lowest BCUT2D eigenvalue weighted by Gasteiger charge is -2.34. The number of phenols is 3. The van der Waals surface area contributed by atoms with Gasteiger partial charge in [-0.1, -0.05) is 54.6 Å². The summed E-state index contributed by atoms with van der Waals surface area (Å²) in [7, 11) is 4.70. The van der Waals surface area contributed by atoms with Gasteiger partial charge in [0, 0.05) is 44.0 Å². The number of aromatic nitrogens is 1. The van der Waals surface area contributed by atoms with Gasteiger partial charge in [-0.15, -0.1) is 0 Å². The zero-order chi connectivity index (χ0) is 42.1. The standard InChI is InChI=1S/C48H54N2O9/c1-49-27-32-19-38(24-39(53)20-32)48(29-52,26-30-10-12-41(54)44(21-30)58-2)45(57)25-43(56)37(18-31-14-16-50-28-31)22-35-11-13-42(55)47(59-3)40(35)23-36-9-5-7-33-6-4-8-34(15-17-51)46(33)36/h4-14,16,19-21,24,28,37,43,49-56H,15,17-18,22-23,25-27,29H2,1-3H3. The second-order valence-electron chi connectivity index (χ2n) is 15.3. The molecule has 5 aromatic carbocycles. The van der Waals surface area contributed by atoms with Crippen LogP contribution in [0.1, 0.15) is 50.9 Å². The van der Waals surface area contributed by atoms with Crippen molar-refractivity contribution in [3.63, 3.8) is 0 Å². The molecule has 6 rings (SSSR count). The van der Waals surface area contributed by atoms with Crippen LogP contribution in [0.25, 0.3) is 10.8 Å². The van der Waals surface area contributed by atoms with Crippen LogP contribution in [0.4, 0.5) is 0 Å². The number of nitrogens with one attached hydrogen (secondary N) is 2. The fraction of sp³-hybridized carbons (Fsp3) is 0.312. The van der Waals surface area contributed by atoms with Gasteiger partial charge in [-0.2, -0.15) is 0 Å². The molecule has 3 atom stereocenters. The zero-order valence-corrected chi connectivity index (χ0v) is 33.7. The molecule has 1 heterocycles. The highest BCUT2D eigenvalue weighted by Crippen LogP contribution is 2.40. The minimum atomic E-state index is -1.60. The lowest BCUT2D eigenvalue weighted by Crippen LogP contribution is -2.44. The van der Waals surface area contributed by atoms with E-state index in [4.69, 9.17) is 9.47 Å². The van der Waals surface area contributed by atoms with Gasteiger partial charge in [-0.3, -0.25) is 4.79 Å². The Balaban J connectivity index is 1.40. The van der Waals surface area contributed by atoms with E-state index in [9.17, 15) is 35.4 Å². The van der Waals surface area contributed by atoms with Crippen LogP contribution in [-0.4, -0.2) is 82.0 Å². The molecule has 0 amide bonds. The average Bonchev–Trinajstić information content (AvgIpc) is 3.74. The van der Waals surface area contributed by atoms with Crippen molar-refractivity contribution in [2.24, 2.45) is 5.92 Å². The minimum absolute atomic E-state index is 0.00513. The Labute approximate surface area is 344 Å². The number of aliphatic hydroxyl groups is 3. The summed E-state index contributed by atoms with van der Waals surface area (Å²) in [5, 5.41) is 70.8. The van der Waals surface area contributed by atoms with Crippen molar-refractivity contribution in [3.8, 4) is 28.7 Å². The lowest BCUT2D eigenvalue weighted by atomic mass is 9.70. The molecule has 0 aliphatic rings. The third-order valence-corrected chi connectivity index (χ3v) is 11.4. The molecule has 6 aromatic rings. The van der Waals surface area contributed by atoms with Crippen molar-refractivity contribution in [2.45, 2.75) is 56.6 Å². The minimum Gasteiger partial charge on any atom is -0.508 e. The monoisotopic (exact) mass is 802 g/mol. The van der Waals surface area contributed by atoms with Crippen LogP contribution in [0.2, 0.25) is 0 Å². The molecular formula is C48H54N2O9. The molecule has 0 aliphatic heterocycles. The third kappa shape index (κ3) is 9.56. The topological polar surface area (TPSA) is 185 Å². The quantitative estimate of drug-likeness (QED) is 0.0453. The molecule has 8 N–H and O–H groups in total. The molecule has 0 bridgehead atoms. The van der Waals surface area contributed by atoms with Crippen LogP contribution >= 0.6 is 0 Å². The third-order valence-electron chi connectivity index (χ3n) is 11.4. The van der Waals surface area contributed by atoms with Gasteiger partial charge in [0.05, 0.1) is 32.3 Å². The fourth-order valence-corrected chi connectivity index (χ4v) is 8.44. The van der Waals surface area contributed by atoms with E-state index in [0.717, 1.165) is 38.6 Å². The number of benzene rings is 5. The van der Waals surface area contributed by atoms with E-state index in [-0.39, 0.29) is 42.4 Å². The van der Waals surface area contributed by atoms with Crippen LogP contribution in [-0.2, 0) is 48.9 Å². The van der Waals surface area contributed by atoms with Crippen molar-refractivity contribution in [1.29, 1.82) is 0 Å². The van der Waals surface area contributed by atoms with E-state index in [0.29, 0.717) is 54.7 Å². The average molecular weight is 803 g/mol. The van der Waals surface area contributed by atoms with E-state index in [1.165, 1.54) is 26.4 Å². The molecule has 0 saturated heterocycles. The Morgan fingerprint density at radius 2 is 1.58 bits per heavy atom. The molecule has 0 aliphatic carbocycles. The first-order chi connectivity index (χ1) is 28.5. The van der Waals surface area contributed by atoms with Crippen LogP contribution in [0.5, 0.6) is 28.7 Å². The molecule has 0 radical (unpaired) electrons. The highest BCUT2D eigenvalue weighted by Gasteiger charge is 2.42. The molecule has 11 nitrogen and oxygen atoms in total. The number of methoxy groups -OCH3 is 2. The smallest absolute Gasteiger partial charge is 0.164 e. The molecule has 0 fully saturated rings. The summed E-state index contributed by atoms with van der Waals surface area (Å²) in [5.74, 6) is -0.614. The second kappa shape index (κ2) is 19.3. The molecule has 0 spiro atoms. The van der Waals surface area contributed by atoms with E-state index in [1.54, 1.807) is 43.6 Å². The molecule has 1 aromatic heterocycles. The summed E-state index contributed by atoms with van der Waals surface area (Å²) >= 11 is 0. The van der Waals surface area contributed by atoms with Crippen LogP contribution < -0.4 is 14.8 Å². The maximum absolute atomic E-state index is 15.0. The number of aromatic hydroxyl groups is 3. The largest absolute Gasteiger partial charge is 0.508 e. The number of carbonyl (C=O) groups is 1. The summed E-state index contributed by atoms with van der Waals surface area (Å²) in [6.45, 7) is -0.241. The van der Waals surface area contributed by atoms with Gasteiger partial charge in [0.2, 0.25) is 0 Å². The number of Topliss-reactive ketones (excluding diaryl/α,β-unsaturated/α-hetero) is 1. The van der Waals surface area contributed by atoms with Gasteiger partial charge in [-0.05, 0) is 125 Å². The van der Waals surface area contributed by atoms with Crippen LogP contribution in [0.3, 0.4) is 0 Å². The summed E-state index contributed by atoms with van der Waals surface area (Å²) in [6, 6.07) is 27.0. The van der Waals surface area contributed by atoms with Gasteiger partial charge in [0.15, 0.2) is 23.0 Å². The lowest BCUT2D eigenvalue weighted by molar-refractivity contribution is -0.129. The van der Waals surface area contributed by atoms with Crippen molar-refractivity contribution in [1.82, 2.24) is 10.3 Å². The van der Waals surface area contributed by atoms with Gasteiger partial charge in [0.25, 0.3) is 0 Å². The number of rotatable bonds is 20. The first-order valence-electron chi connectivity index (χ1n) is 19.8. The maximum Gasteiger partial charge on any atom is 0.164 e. The maximum atomic E-state index is 15.0. The predicted molar refractivity (Wildman–Crippen MR) is 228 cm³/mol. The predicted octanol–water partition coefficient (Wildman–Crippen LogP) is 6.04. The summed E-state index contributed by atoms with van der Waals surface area (Å²) in [4.78, 5) is 18.0. The molecule has 59 heavy (non-hydrogen) atoms. The zero-order valence-electron chi connectivity index (χ0n) is 33.7. The molecule has 11 heteroatoms. The number of ether oxygens (including phenoxy) is 2. The number of aromatic amines is 1. The number of phenolic OH excluding ortho intramolecular Hbond substituents is 3. The number of carbonyl (C=O) groups excluding carboxylic acids is 1. The Morgan fingerprint density at radius 3 is 2.25 bits per heavy atom. The summed E-state index contributed by atoms with van der Waals surface area (Å²) in [5.41, 5.74) is 4.54. The van der Waals surface area contributed by atoms with Gasteiger partial charge in [0.1, 0.15) is 11.5 Å². The summed E-state index contributed by atoms with van der Waals surface area (Å²) < 4.78 is 11.2. The Bertz CT molecular complexity index is 2350. The van der Waals surface area contributed by atoms with Crippen molar-refractivity contribution in [3.05, 3.63) is 148 Å². The summed E-state index contributed by atoms with van der Waals surface area (Å²) in [6.07, 6.45) is 3.67. The van der Waals surface area contributed by atoms with E-state index in [1.807, 2.05) is 54.7 Å². The highest BCUT2D eigenvalue weighted by atomic mass is 16.5. The fourth-order valence-electron chi connectivity index (χ4n) is 8.44. The van der Waals surface area contributed by atoms with Crippen molar-refractivity contribution < 1.29 is 44.9 Å². The van der Waals surface area contributed by atoms with E-state index < -0.39 is 29.8 Å². The Kier molecular flexibility index (Phi) is 14.0. The molecule has 3 unspecified atom stereocenters. The van der Waals surface area contributed by atoms with E-state index in [2.05, 4.69) is 10.3 Å². The number of fused-ring (bicyclic) bond motifs is 1. The van der Waals surface area contributed by atoms with Gasteiger partial charge in [-0.25, -0.2) is 0 Å². The second-order valence-corrected chi connectivity index (χ2v) is 15.3. The number of aliphatic hydroxyl groups excluding tert-OH is 3. The van der Waals surface area contributed by atoms with Crippen LogP contribution in [0, 0.1) is 5.92 Å². The Hall–Kier alpha value is -5.85. The number of ketones is 1. The van der Waals surface area contributed by atoms with Gasteiger partial charge < -0.3 is 50.4 Å². The molecule has 0 saturated carbocycles. The first-order valence-corrected chi connectivity index (χ1v) is 19.8. The normalized spacial score (nSPS) is 13.5. The molecule has 310 valence electrons. The van der Waals surface area contributed by atoms with Crippen molar-refractivity contribution >= 4 is 16.6 Å². The molecular weight excluding hydrogens is 749 g/mol. The van der Waals surface area contributed by atoms with Crippen molar-refractivity contribution in [2.75, 3.05) is 34.5 Å². The number of hydrogen-bond donors (Lipinski definition) is 8. The van der Waals surface area contributed by atoms with Gasteiger partial charge >= 0.3 is 0 Å². The Morgan fingerprint density at radius 1 is 0.814 bits per heavy atom. The first kappa shape index (κ1) is 42.7. The SMILES string of the molecule is CNCc1cc(O)cc(C(CO)(Cc2ccc(O)c(OC)c2)C(=O)CC(O)C(Cc2cc[nH]c2)Cc2ccc(O)c(OC)c2Cc2cccc3cccc(CCO)c23)c1. The van der Waals surface area contributed by atoms with E-state index >= 15 is 0 Å². The highest BCUT2D eigenvalue weighted by molar-refractivity contribution is 5.91. The number of hydrogen-bond acceptors (Lipinski definition) is 10.